The van der Waals surface area contributed by atoms with Crippen LogP contribution in [0, 0.1) is 0 Å². The van der Waals surface area contributed by atoms with Gasteiger partial charge in [0.05, 0.1) is 7.11 Å². The van der Waals surface area contributed by atoms with E-state index in [0.29, 0.717) is 25.9 Å². The third-order valence-electron chi connectivity index (χ3n) is 3.47. The van der Waals surface area contributed by atoms with Gasteiger partial charge < -0.3 is 10.1 Å². The molecular weight excluding hydrogens is 260 g/mol. The van der Waals surface area contributed by atoms with Crippen LogP contribution in [0.2, 0.25) is 0 Å². The molecular formula is C13H20N4O3. The van der Waals surface area contributed by atoms with Crippen molar-refractivity contribution in [1.82, 2.24) is 20.4 Å². The number of amides is 2. The maximum atomic E-state index is 12.2. The number of nitrogens with zero attached hydrogens (tertiary/aromatic N) is 2. The third kappa shape index (κ3) is 3.49. The van der Waals surface area contributed by atoms with Crippen molar-refractivity contribution in [3.05, 3.63) is 18.0 Å². The number of piperidine rings is 1. The molecule has 20 heavy (non-hydrogen) atoms. The second kappa shape index (κ2) is 6.93. The molecule has 2 N–H and O–H groups in total. The highest BCUT2D eigenvalue weighted by Gasteiger charge is 2.32. The van der Waals surface area contributed by atoms with Crippen molar-refractivity contribution in [3.63, 3.8) is 0 Å². The molecule has 2 heterocycles. The van der Waals surface area contributed by atoms with E-state index in [2.05, 4.69) is 15.5 Å². The molecule has 1 atom stereocenters. The van der Waals surface area contributed by atoms with Gasteiger partial charge in [0.2, 0.25) is 5.91 Å². The number of aromatic amines is 1. The van der Waals surface area contributed by atoms with Crippen LogP contribution in [-0.2, 0) is 16.0 Å². The van der Waals surface area contributed by atoms with Gasteiger partial charge in [-0.1, -0.05) is 0 Å². The Kier molecular flexibility index (Phi) is 4.97. The summed E-state index contributed by atoms with van der Waals surface area (Å²) in [5.41, 5.74) is 0.971. The number of rotatable bonds is 4. The van der Waals surface area contributed by atoms with Crippen molar-refractivity contribution in [2.24, 2.45) is 0 Å². The van der Waals surface area contributed by atoms with Crippen LogP contribution in [0.3, 0.4) is 0 Å². The summed E-state index contributed by atoms with van der Waals surface area (Å²) in [5, 5.41) is 9.55. The number of aromatic nitrogens is 2. The predicted octanol–water partition coefficient (Wildman–Crippen LogP) is 0.689. The summed E-state index contributed by atoms with van der Waals surface area (Å²) in [6.07, 6.45) is 4.48. The van der Waals surface area contributed by atoms with Gasteiger partial charge in [-0.15, -0.1) is 0 Å². The topological polar surface area (TPSA) is 87.3 Å². The van der Waals surface area contributed by atoms with Crippen molar-refractivity contribution < 1.29 is 14.3 Å². The number of likely N-dealkylation sites (tertiary alicyclic amines) is 1. The van der Waals surface area contributed by atoms with Gasteiger partial charge in [0.1, 0.15) is 6.04 Å². The second-order valence-corrected chi connectivity index (χ2v) is 4.80. The van der Waals surface area contributed by atoms with E-state index in [0.717, 1.165) is 18.5 Å². The lowest BCUT2D eigenvalue weighted by molar-refractivity contribution is -0.126. The van der Waals surface area contributed by atoms with Gasteiger partial charge in [0.25, 0.3) is 0 Å². The van der Waals surface area contributed by atoms with Gasteiger partial charge in [-0.3, -0.25) is 14.8 Å². The standard InChI is InChI=1S/C13H20N4O3/c1-20-13(19)17-9-3-2-4-11(17)12(18)14-7-5-10-6-8-15-16-10/h6,8,11H,2-5,7,9H2,1H3,(H,14,18)(H,15,16)/t11-/m1/s1. The van der Waals surface area contributed by atoms with Crippen molar-refractivity contribution in [2.45, 2.75) is 31.7 Å². The van der Waals surface area contributed by atoms with Crippen LogP contribution in [0.5, 0.6) is 0 Å². The first-order valence-corrected chi connectivity index (χ1v) is 6.83. The minimum Gasteiger partial charge on any atom is -0.453 e. The van der Waals surface area contributed by atoms with Crippen LogP contribution in [0.15, 0.2) is 12.3 Å². The largest absolute Gasteiger partial charge is 0.453 e. The third-order valence-corrected chi connectivity index (χ3v) is 3.47. The first kappa shape index (κ1) is 14.4. The van der Waals surface area contributed by atoms with Crippen LogP contribution >= 0.6 is 0 Å². The fraction of sp³-hybridized carbons (Fsp3) is 0.615. The van der Waals surface area contributed by atoms with Crippen LogP contribution < -0.4 is 5.32 Å². The molecule has 0 bridgehead atoms. The number of methoxy groups -OCH3 is 1. The van der Waals surface area contributed by atoms with Crippen molar-refractivity contribution in [1.29, 1.82) is 0 Å². The van der Waals surface area contributed by atoms with Crippen molar-refractivity contribution >= 4 is 12.0 Å². The zero-order chi connectivity index (χ0) is 14.4. The molecule has 1 aliphatic heterocycles. The van der Waals surface area contributed by atoms with Crippen LogP contribution in [0.1, 0.15) is 25.0 Å². The fourth-order valence-corrected chi connectivity index (χ4v) is 2.40. The summed E-state index contributed by atoms with van der Waals surface area (Å²) in [6, 6.07) is 1.45. The Morgan fingerprint density at radius 2 is 2.40 bits per heavy atom. The molecule has 7 heteroatoms. The average Bonchev–Trinajstić information content (AvgIpc) is 2.99. The fourth-order valence-electron chi connectivity index (χ4n) is 2.40. The molecule has 2 rings (SSSR count). The van der Waals surface area contributed by atoms with Gasteiger partial charge in [0, 0.05) is 31.4 Å². The molecule has 1 aromatic heterocycles. The first-order chi connectivity index (χ1) is 9.72. The molecule has 0 spiro atoms. The molecule has 0 aliphatic carbocycles. The summed E-state index contributed by atoms with van der Waals surface area (Å²) >= 11 is 0. The molecule has 0 unspecified atom stereocenters. The lowest BCUT2D eigenvalue weighted by Gasteiger charge is -2.33. The zero-order valence-electron chi connectivity index (χ0n) is 11.6. The van der Waals surface area contributed by atoms with Gasteiger partial charge in [0.15, 0.2) is 0 Å². The number of hydrogen-bond acceptors (Lipinski definition) is 4. The highest BCUT2D eigenvalue weighted by molar-refractivity contribution is 5.85. The Bertz CT molecular complexity index is 446. The van der Waals surface area contributed by atoms with E-state index in [1.165, 1.54) is 12.0 Å². The highest BCUT2D eigenvalue weighted by Crippen LogP contribution is 2.18. The second-order valence-electron chi connectivity index (χ2n) is 4.80. The van der Waals surface area contributed by atoms with Gasteiger partial charge in [-0.25, -0.2) is 4.79 Å². The molecule has 0 radical (unpaired) electrons. The minimum absolute atomic E-state index is 0.116. The van der Waals surface area contributed by atoms with E-state index < -0.39 is 12.1 Å². The normalized spacial score (nSPS) is 18.6. The average molecular weight is 280 g/mol. The van der Waals surface area contributed by atoms with E-state index in [1.807, 2.05) is 6.07 Å². The summed E-state index contributed by atoms with van der Waals surface area (Å²) in [5.74, 6) is -0.116. The van der Waals surface area contributed by atoms with Crippen LogP contribution in [0.4, 0.5) is 4.79 Å². The quantitative estimate of drug-likeness (QED) is 0.849. The SMILES string of the molecule is COC(=O)N1CCCC[C@@H]1C(=O)NCCc1ccn[nH]1. The molecule has 2 amide bonds. The lowest BCUT2D eigenvalue weighted by atomic mass is 10.0. The molecule has 7 nitrogen and oxygen atoms in total. The number of H-pyrrole nitrogens is 1. The number of carbonyl (C=O) groups is 2. The number of nitrogens with one attached hydrogen (secondary N) is 2. The summed E-state index contributed by atoms with van der Waals surface area (Å²) in [6.45, 7) is 1.10. The molecule has 1 saturated heterocycles. The Hall–Kier alpha value is -2.05. The lowest BCUT2D eigenvalue weighted by Crippen LogP contribution is -2.52. The number of ether oxygens (including phenoxy) is 1. The number of carbonyl (C=O) groups excluding carboxylic acids is 2. The van der Waals surface area contributed by atoms with E-state index in [4.69, 9.17) is 4.74 Å². The van der Waals surface area contributed by atoms with Crippen molar-refractivity contribution in [3.8, 4) is 0 Å². The Morgan fingerprint density at radius 1 is 1.55 bits per heavy atom. The predicted molar refractivity (Wildman–Crippen MR) is 72.1 cm³/mol. The molecule has 1 aliphatic rings. The smallest absolute Gasteiger partial charge is 0.410 e. The van der Waals surface area contributed by atoms with E-state index >= 15 is 0 Å². The highest BCUT2D eigenvalue weighted by atomic mass is 16.5. The maximum absolute atomic E-state index is 12.2. The molecule has 110 valence electrons. The zero-order valence-corrected chi connectivity index (χ0v) is 11.6. The molecule has 0 aromatic carbocycles. The van der Waals surface area contributed by atoms with E-state index in [1.54, 1.807) is 6.20 Å². The minimum atomic E-state index is -0.432. The Balaban J connectivity index is 1.84. The van der Waals surface area contributed by atoms with Crippen LogP contribution in [0.25, 0.3) is 0 Å². The first-order valence-electron chi connectivity index (χ1n) is 6.83. The van der Waals surface area contributed by atoms with Gasteiger partial charge in [-0.2, -0.15) is 5.10 Å². The number of hydrogen-bond donors (Lipinski definition) is 2. The summed E-state index contributed by atoms with van der Waals surface area (Å²) < 4.78 is 4.73. The Morgan fingerprint density at radius 3 is 3.10 bits per heavy atom. The Labute approximate surface area is 117 Å². The van der Waals surface area contributed by atoms with Crippen molar-refractivity contribution in [2.75, 3.05) is 20.2 Å². The van der Waals surface area contributed by atoms with Crippen LogP contribution in [-0.4, -0.2) is 53.3 Å². The summed E-state index contributed by atoms with van der Waals surface area (Å²) in [7, 11) is 1.34. The monoisotopic (exact) mass is 280 g/mol. The molecule has 0 saturated carbocycles. The molecule has 1 aromatic rings. The van der Waals surface area contributed by atoms with Gasteiger partial charge in [-0.05, 0) is 25.3 Å². The maximum Gasteiger partial charge on any atom is 0.410 e. The van der Waals surface area contributed by atoms with E-state index in [9.17, 15) is 9.59 Å². The molecule has 1 fully saturated rings. The summed E-state index contributed by atoms with van der Waals surface area (Å²) in [4.78, 5) is 25.3. The van der Waals surface area contributed by atoms with Gasteiger partial charge >= 0.3 is 6.09 Å². The van der Waals surface area contributed by atoms with E-state index in [-0.39, 0.29) is 5.91 Å².